The number of morpholine rings is 1. The van der Waals surface area contributed by atoms with Gasteiger partial charge in [-0.05, 0) is 61.9 Å². The molecule has 0 amide bonds. The molecule has 1 saturated heterocycles. The lowest BCUT2D eigenvalue weighted by Gasteiger charge is -2.26. The van der Waals surface area contributed by atoms with Gasteiger partial charge in [0.15, 0.2) is 0 Å². The van der Waals surface area contributed by atoms with Crippen LogP contribution in [0.5, 0.6) is 0 Å². The molecule has 1 aliphatic carbocycles. The van der Waals surface area contributed by atoms with Gasteiger partial charge in [-0.15, -0.1) is 0 Å². The van der Waals surface area contributed by atoms with Crippen LogP contribution in [-0.2, 0) is 27.6 Å². The van der Waals surface area contributed by atoms with Gasteiger partial charge in [0.1, 0.15) is 0 Å². The Kier molecular flexibility index (Phi) is 5.69. The molecular weight excluding hydrogens is 312 g/mol. The van der Waals surface area contributed by atoms with Crippen LogP contribution in [0, 0.1) is 0 Å². The summed E-state index contributed by atoms with van der Waals surface area (Å²) in [5.74, 6) is 0. The molecule has 128 valence electrons. The van der Waals surface area contributed by atoms with Crippen LogP contribution in [0.1, 0.15) is 30.4 Å². The smallest absolute Gasteiger partial charge is 0.240 e. The third kappa shape index (κ3) is 4.53. The molecule has 0 atom stereocenters. The first-order valence-electron chi connectivity index (χ1n) is 8.57. The van der Waals surface area contributed by atoms with Gasteiger partial charge in [0, 0.05) is 19.6 Å². The molecule has 1 N–H and O–H groups in total. The summed E-state index contributed by atoms with van der Waals surface area (Å²) in [5, 5.41) is 0. The Bertz CT molecular complexity index is 625. The van der Waals surface area contributed by atoms with Crippen LogP contribution in [0.2, 0.25) is 0 Å². The average Bonchev–Trinajstić information content (AvgIpc) is 2.59. The van der Waals surface area contributed by atoms with Crippen LogP contribution < -0.4 is 4.72 Å². The highest BCUT2D eigenvalue weighted by molar-refractivity contribution is 7.89. The number of ether oxygens (including phenoxy) is 1. The number of sulfonamides is 1. The van der Waals surface area contributed by atoms with E-state index in [-0.39, 0.29) is 0 Å². The highest BCUT2D eigenvalue weighted by atomic mass is 32.2. The van der Waals surface area contributed by atoms with Crippen LogP contribution >= 0.6 is 0 Å². The molecule has 1 aliphatic heterocycles. The predicted octanol–water partition coefficient (Wildman–Crippen LogP) is 1.57. The van der Waals surface area contributed by atoms with Crippen molar-refractivity contribution in [3.05, 3.63) is 29.3 Å². The maximum absolute atomic E-state index is 12.4. The third-order valence-corrected chi connectivity index (χ3v) is 6.14. The Labute approximate surface area is 139 Å². The quantitative estimate of drug-likeness (QED) is 0.800. The van der Waals surface area contributed by atoms with E-state index in [0.717, 1.165) is 58.5 Å². The Morgan fingerprint density at radius 1 is 1.09 bits per heavy atom. The molecule has 2 aliphatic rings. The molecule has 0 unspecified atom stereocenters. The zero-order chi connectivity index (χ0) is 16.1. The van der Waals surface area contributed by atoms with Crippen LogP contribution in [-0.4, -0.2) is 52.7 Å². The summed E-state index contributed by atoms with van der Waals surface area (Å²) < 4.78 is 32.9. The second kappa shape index (κ2) is 7.75. The van der Waals surface area contributed by atoms with Gasteiger partial charge in [-0.1, -0.05) is 6.07 Å². The molecule has 3 rings (SSSR count). The third-order valence-electron chi connectivity index (χ3n) is 4.68. The van der Waals surface area contributed by atoms with E-state index in [4.69, 9.17) is 4.74 Å². The molecule has 0 aromatic heterocycles. The van der Waals surface area contributed by atoms with Crippen molar-refractivity contribution in [2.24, 2.45) is 0 Å². The van der Waals surface area contributed by atoms with Crippen molar-refractivity contribution < 1.29 is 13.2 Å². The summed E-state index contributed by atoms with van der Waals surface area (Å²) in [6, 6.07) is 5.59. The SMILES string of the molecule is O=S(=O)(NCCCN1CCOCC1)c1ccc2c(c1)CCCC2. The summed E-state index contributed by atoms with van der Waals surface area (Å²) in [6.45, 7) is 4.84. The van der Waals surface area contributed by atoms with Gasteiger partial charge in [-0.3, -0.25) is 4.90 Å². The van der Waals surface area contributed by atoms with E-state index < -0.39 is 10.0 Å². The minimum atomic E-state index is -3.39. The maximum Gasteiger partial charge on any atom is 0.240 e. The van der Waals surface area contributed by atoms with Gasteiger partial charge in [-0.2, -0.15) is 0 Å². The van der Waals surface area contributed by atoms with Gasteiger partial charge >= 0.3 is 0 Å². The first-order valence-corrected chi connectivity index (χ1v) is 10.0. The summed E-state index contributed by atoms with van der Waals surface area (Å²) in [7, 11) is -3.39. The molecule has 0 radical (unpaired) electrons. The lowest BCUT2D eigenvalue weighted by Crippen LogP contribution is -2.38. The van der Waals surface area contributed by atoms with Gasteiger partial charge in [0.05, 0.1) is 18.1 Å². The second-order valence-electron chi connectivity index (χ2n) is 6.34. The highest BCUT2D eigenvalue weighted by Crippen LogP contribution is 2.23. The Morgan fingerprint density at radius 3 is 2.61 bits per heavy atom. The minimum Gasteiger partial charge on any atom is -0.379 e. The molecular formula is C17H26N2O3S. The van der Waals surface area contributed by atoms with E-state index in [1.807, 2.05) is 12.1 Å². The fraction of sp³-hybridized carbons (Fsp3) is 0.647. The number of hydrogen-bond donors (Lipinski definition) is 1. The Morgan fingerprint density at radius 2 is 1.83 bits per heavy atom. The Hall–Kier alpha value is -0.950. The van der Waals surface area contributed by atoms with Crippen LogP contribution in [0.15, 0.2) is 23.1 Å². The van der Waals surface area contributed by atoms with Gasteiger partial charge in [0.2, 0.25) is 10.0 Å². The van der Waals surface area contributed by atoms with Gasteiger partial charge < -0.3 is 4.74 Å². The monoisotopic (exact) mass is 338 g/mol. The Balaban J connectivity index is 1.52. The van der Waals surface area contributed by atoms with E-state index in [0.29, 0.717) is 11.4 Å². The molecule has 1 aromatic carbocycles. The number of benzene rings is 1. The fourth-order valence-corrected chi connectivity index (χ4v) is 4.42. The van der Waals surface area contributed by atoms with Gasteiger partial charge in [0.25, 0.3) is 0 Å². The van der Waals surface area contributed by atoms with Crippen molar-refractivity contribution in [3.8, 4) is 0 Å². The van der Waals surface area contributed by atoms with E-state index in [1.54, 1.807) is 6.07 Å². The normalized spacial score (nSPS) is 19.5. The van der Waals surface area contributed by atoms with Crippen molar-refractivity contribution in [3.63, 3.8) is 0 Å². The molecule has 0 bridgehead atoms. The molecule has 6 heteroatoms. The molecule has 1 heterocycles. The van der Waals surface area contributed by atoms with Crippen molar-refractivity contribution in [1.29, 1.82) is 0 Å². The van der Waals surface area contributed by atoms with Crippen molar-refractivity contribution >= 4 is 10.0 Å². The first kappa shape index (κ1) is 16.9. The highest BCUT2D eigenvalue weighted by Gasteiger charge is 2.17. The summed E-state index contributed by atoms with van der Waals surface area (Å²) in [4.78, 5) is 2.72. The van der Waals surface area contributed by atoms with Crippen molar-refractivity contribution in [1.82, 2.24) is 9.62 Å². The van der Waals surface area contributed by atoms with E-state index >= 15 is 0 Å². The van der Waals surface area contributed by atoms with E-state index in [2.05, 4.69) is 9.62 Å². The lowest BCUT2D eigenvalue weighted by molar-refractivity contribution is 0.0376. The number of nitrogens with zero attached hydrogens (tertiary/aromatic N) is 1. The zero-order valence-electron chi connectivity index (χ0n) is 13.6. The first-order chi connectivity index (χ1) is 11.1. The lowest BCUT2D eigenvalue weighted by atomic mass is 9.92. The van der Waals surface area contributed by atoms with Crippen molar-refractivity contribution in [2.45, 2.75) is 37.0 Å². The predicted molar refractivity (Wildman–Crippen MR) is 90.1 cm³/mol. The number of rotatable bonds is 6. The molecule has 0 spiro atoms. The summed E-state index contributed by atoms with van der Waals surface area (Å²) in [5.41, 5.74) is 2.51. The van der Waals surface area contributed by atoms with Gasteiger partial charge in [-0.25, -0.2) is 13.1 Å². The topological polar surface area (TPSA) is 58.6 Å². The number of hydrogen-bond acceptors (Lipinski definition) is 4. The molecule has 0 saturated carbocycles. The fourth-order valence-electron chi connectivity index (χ4n) is 3.29. The summed E-state index contributed by atoms with van der Waals surface area (Å²) in [6.07, 6.45) is 5.25. The van der Waals surface area contributed by atoms with Crippen LogP contribution in [0.3, 0.4) is 0 Å². The van der Waals surface area contributed by atoms with Crippen LogP contribution in [0.4, 0.5) is 0 Å². The van der Waals surface area contributed by atoms with E-state index in [9.17, 15) is 8.42 Å². The molecule has 1 fully saturated rings. The minimum absolute atomic E-state index is 0.407. The number of aryl methyl sites for hydroxylation is 2. The summed E-state index contributed by atoms with van der Waals surface area (Å²) >= 11 is 0. The second-order valence-corrected chi connectivity index (χ2v) is 8.11. The standard InChI is InChI=1S/C17H26N2O3S/c20-23(21,18-8-3-9-19-10-12-22-13-11-19)17-7-6-15-4-1-2-5-16(15)14-17/h6-7,14,18H,1-5,8-13H2. The largest absolute Gasteiger partial charge is 0.379 e. The number of nitrogens with one attached hydrogen (secondary N) is 1. The molecule has 23 heavy (non-hydrogen) atoms. The van der Waals surface area contributed by atoms with E-state index in [1.165, 1.54) is 17.5 Å². The van der Waals surface area contributed by atoms with Crippen molar-refractivity contribution in [2.75, 3.05) is 39.4 Å². The van der Waals surface area contributed by atoms with Crippen LogP contribution in [0.25, 0.3) is 0 Å². The zero-order valence-corrected chi connectivity index (χ0v) is 14.4. The molecule has 5 nitrogen and oxygen atoms in total. The average molecular weight is 338 g/mol. The maximum atomic E-state index is 12.4. The molecule has 1 aromatic rings. The number of fused-ring (bicyclic) bond motifs is 1.